The van der Waals surface area contributed by atoms with E-state index in [1.54, 1.807) is 11.3 Å². The summed E-state index contributed by atoms with van der Waals surface area (Å²) in [5.74, 6) is 0. The van der Waals surface area contributed by atoms with E-state index in [1.165, 1.54) is 11.1 Å². The third-order valence-electron chi connectivity index (χ3n) is 2.94. The number of nitrogens with zero attached hydrogens (tertiary/aromatic N) is 2. The van der Waals surface area contributed by atoms with Crippen LogP contribution in [-0.4, -0.2) is 22.3 Å². The predicted octanol–water partition coefficient (Wildman–Crippen LogP) is 3.37. The highest BCUT2D eigenvalue weighted by Gasteiger charge is 2.10. The predicted molar refractivity (Wildman–Crippen MR) is 85.4 cm³/mol. The van der Waals surface area contributed by atoms with Gasteiger partial charge in [-0.3, -0.25) is 0 Å². The van der Waals surface area contributed by atoms with Gasteiger partial charge in [-0.2, -0.15) is 0 Å². The van der Waals surface area contributed by atoms with Gasteiger partial charge in [-0.1, -0.05) is 29.8 Å². The van der Waals surface area contributed by atoms with Crippen LogP contribution in [0.25, 0.3) is 0 Å². The maximum absolute atomic E-state index is 4.30. The minimum atomic E-state index is 0.162. The second-order valence-electron chi connectivity index (χ2n) is 6.18. The summed E-state index contributed by atoms with van der Waals surface area (Å²) in [7, 11) is 0. The van der Waals surface area contributed by atoms with Gasteiger partial charge >= 0.3 is 0 Å². The summed E-state index contributed by atoms with van der Waals surface area (Å²) in [4.78, 5) is 0. The lowest BCUT2D eigenvalue weighted by atomic mass is 10.1. The fourth-order valence-electron chi connectivity index (χ4n) is 2.00. The highest BCUT2D eigenvalue weighted by molar-refractivity contribution is 7.11. The molecule has 2 aromatic rings. The molecule has 108 valence electrons. The molecule has 0 aliphatic heterocycles. The van der Waals surface area contributed by atoms with Crippen molar-refractivity contribution in [1.82, 2.24) is 15.5 Å². The Morgan fingerprint density at radius 1 is 1.15 bits per heavy atom. The molecule has 0 spiro atoms. The average Bonchev–Trinajstić information content (AvgIpc) is 2.75. The van der Waals surface area contributed by atoms with Gasteiger partial charge in [-0.25, -0.2) is 0 Å². The van der Waals surface area contributed by atoms with Crippen molar-refractivity contribution in [3.8, 4) is 0 Å². The highest BCUT2D eigenvalue weighted by Crippen LogP contribution is 2.16. The minimum absolute atomic E-state index is 0.162. The van der Waals surface area contributed by atoms with Crippen molar-refractivity contribution in [1.29, 1.82) is 0 Å². The van der Waals surface area contributed by atoms with Crippen LogP contribution in [0.1, 0.15) is 41.9 Å². The van der Waals surface area contributed by atoms with Gasteiger partial charge in [-0.15, -0.1) is 21.5 Å². The maximum atomic E-state index is 4.30. The second kappa shape index (κ2) is 6.46. The summed E-state index contributed by atoms with van der Waals surface area (Å²) < 4.78 is 0. The fraction of sp³-hybridized carbons (Fsp3) is 0.500. The first kappa shape index (κ1) is 15.1. The van der Waals surface area contributed by atoms with Gasteiger partial charge in [0.05, 0.1) is 0 Å². The van der Waals surface area contributed by atoms with E-state index in [1.807, 2.05) is 0 Å². The van der Waals surface area contributed by atoms with Crippen LogP contribution < -0.4 is 5.32 Å². The van der Waals surface area contributed by atoms with Crippen LogP contribution in [0.2, 0.25) is 0 Å². The van der Waals surface area contributed by atoms with Gasteiger partial charge in [0.1, 0.15) is 10.0 Å². The van der Waals surface area contributed by atoms with Gasteiger partial charge in [0.2, 0.25) is 0 Å². The van der Waals surface area contributed by atoms with Crippen LogP contribution in [0.4, 0.5) is 0 Å². The van der Waals surface area contributed by atoms with Gasteiger partial charge < -0.3 is 5.32 Å². The first-order valence-corrected chi connectivity index (χ1v) is 7.86. The average molecular weight is 289 g/mol. The van der Waals surface area contributed by atoms with Gasteiger partial charge in [0.15, 0.2) is 0 Å². The van der Waals surface area contributed by atoms with Crippen LogP contribution in [-0.2, 0) is 12.8 Å². The lowest BCUT2D eigenvalue weighted by molar-refractivity contribution is 0.429. The summed E-state index contributed by atoms with van der Waals surface area (Å²) >= 11 is 1.72. The number of hydrogen-bond donors (Lipinski definition) is 1. The molecule has 0 saturated heterocycles. The Morgan fingerprint density at radius 2 is 1.90 bits per heavy atom. The number of benzene rings is 1. The molecule has 1 aromatic carbocycles. The number of aromatic nitrogens is 2. The van der Waals surface area contributed by atoms with Crippen molar-refractivity contribution in [3.63, 3.8) is 0 Å². The smallest absolute Gasteiger partial charge is 0.121 e. The lowest BCUT2D eigenvalue weighted by Gasteiger charge is -2.19. The number of hydrogen-bond acceptors (Lipinski definition) is 4. The van der Waals surface area contributed by atoms with Gasteiger partial charge in [-0.05, 0) is 33.3 Å². The van der Waals surface area contributed by atoms with Crippen molar-refractivity contribution < 1.29 is 0 Å². The van der Waals surface area contributed by atoms with E-state index in [-0.39, 0.29) is 5.54 Å². The molecule has 0 saturated carbocycles. The molecule has 3 nitrogen and oxygen atoms in total. The number of rotatable bonds is 5. The van der Waals surface area contributed by atoms with Gasteiger partial charge in [0.25, 0.3) is 0 Å². The lowest BCUT2D eigenvalue weighted by Crippen LogP contribution is -2.37. The Morgan fingerprint density at radius 3 is 2.60 bits per heavy atom. The van der Waals surface area contributed by atoms with E-state index in [9.17, 15) is 0 Å². The van der Waals surface area contributed by atoms with Crippen LogP contribution in [0.5, 0.6) is 0 Å². The molecule has 1 N–H and O–H groups in total. The second-order valence-corrected chi connectivity index (χ2v) is 7.33. The Hall–Kier alpha value is -1.26. The molecule has 0 bridgehead atoms. The molecule has 0 fully saturated rings. The third kappa shape index (κ3) is 5.02. The van der Waals surface area contributed by atoms with E-state index >= 15 is 0 Å². The first-order chi connectivity index (χ1) is 9.42. The monoisotopic (exact) mass is 289 g/mol. The molecular weight excluding hydrogens is 266 g/mol. The van der Waals surface area contributed by atoms with E-state index in [4.69, 9.17) is 0 Å². The Kier molecular flexibility index (Phi) is 4.89. The van der Waals surface area contributed by atoms with Crippen molar-refractivity contribution in [2.45, 2.75) is 46.1 Å². The topological polar surface area (TPSA) is 37.8 Å². The van der Waals surface area contributed by atoms with E-state index in [0.29, 0.717) is 0 Å². The van der Waals surface area contributed by atoms with Crippen molar-refractivity contribution in [3.05, 3.63) is 45.4 Å². The van der Waals surface area contributed by atoms with Crippen LogP contribution in [0, 0.1) is 6.92 Å². The molecule has 0 aliphatic carbocycles. The van der Waals surface area contributed by atoms with Gasteiger partial charge in [0, 0.05) is 24.9 Å². The fourth-order valence-corrected chi connectivity index (χ4v) is 2.88. The Bertz CT molecular complexity index is 555. The Labute approximate surface area is 125 Å². The third-order valence-corrected chi connectivity index (χ3v) is 3.92. The summed E-state index contributed by atoms with van der Waals surface area (Å²) in [5, 5.41) is 14.3. The molecule has 0 radical (unpaired) electrons. The SMILES string of the molecule is Cc1cccc(Cc2nnc(CCNC(C)(C)C)s2)c1. The largest absolute Gasteiger partial charge is 0.312 e. The molecule has 2 rings (SSSR count). The van der Waals surface area contributed by atoms with Crippen LogP contribution in [0.3, 0.4) is 0 Å². The number of nitrogens with one attached hydrogen (secondary N) is 1. The standard InChI is InChI=1S/C16H23N3S/c1-12-6-5-7-13(10-12)11-15-19-18-14(20-15)8-9-17-16(2,3)4/h5-7,10,17H,8-9,11H2,1-4H3. The Balaban J connectivity index is 1.89. The van der Waals surface area contributed by atoms with Crippen molar-refractivity contribution >= 4 is 11.3 Å². The molecule has 0 aliphatic rings. The van der Waals surface area contributed by atoms with Crippen molar-refractivity contribution in [2.24, 2.45) is 0 Å². The minimum Gasteiger partial charge on any atom is -0.312 e. The maximum Gasteiger partial charge on any atom is 0.121 e. The summed E-state index contributed by atoms with van der Waals surface area (Å²) in [6, 6.07) is 8.57. The summed E-state index contributed by atoms with van der Waals surface area (Å²) in [6.07, 6.45) is 1.83. The summed E-state index contributed by atoms with van der Waals surface area (Å²) in [5.41, 5.74) is 2.76. The molecule has 0 unspecified atom stereocenters. The quantitative estimate of drug-likeness (QED) is 0.917. The molecule has 1 aromatic heterocycles. The molecule has 0 amide bonds. The zero-order chi connectivity index (χ0) is 14.6. The normalized spacial score (nSPS) is 11.8. The highest BCUT2D eigenvalue weighted by atomic mass is 32.1. The van der Waals surface area contributed by atoms with Crippen LogP contribution >= 0.6 is 11.3 Å². The van der Waals surface area contributed by atoms with Crippen LogP contribution in [0.15, 0.2) is 24.3 Å². The summed E-state index contributed by atoms with van der Waals surface area (Å²) in [6.45, 7) is 9.60. The van der Waals surface area contributed by atoms with E-state index in [0.717, 1.165) is 29.4 Å². The van der Waals surface area contributed by atoms with E-state index < -0.39 is 0 Å². The zero-order valence-electron chi connectivity index (χ0n) is 12.7. The molecule has 4 heteroatoms. The molecule has 0 atom stereocenters. The van der Waals surface area contributed by atoms with E-state index in [2.05, 4.69) is 67.5 Å². The molecule has 20 heavy (non-hydrogen) atoms. The number of aryl methyl sites for hydroxylation is 1. The first-order valence-electron chi connectivity index (χ1n) is 7.04. The van der Waals surface area contributed by atoms with Crippen molar-refractivity contribution in [2.75, 3.05) is 6.54 Å². The zero-order valence-corrected chi connectivity index (χ0v) is 13.5. The molecule has 1 heterocycles. The molecular formula is C16H23N3S.